The summed E-state index contributed by atoms with van der Waals surface area (Å²) < 4.78 is 5.28. The molecule has 0 fully saturated rings. The fraction of sp³-hybridized carbons (Fsp3) is 0.200. The largest absolute Gasteiger partial charge is 0.414 e. The quantitative estimate of drug-likeness (QED) is 0.508. The minimum absolute atomic E-state index is 0.188. The van der Waals surface area contributed by atoms with E-state index in [2.05, 4.69) is 25.6 Å². The molecule has 29 heavy (non-hydrogen) atoms. The van der Waals surface area contributed by atoms with Crippen LogP contribution in [0.1, 0.15) is 24.1 Å². The number of hydrogen-bond donors (Lipinski definition) is 4. The summed E-state index contributed by atoms with van der Waals surface area (Å²) in [4.78, 5) is 34.7. The standard InChI is InChI=1S/C20H21N5O4/c1-12-9-22-19(23-13(2)27)25-18(12)15-8-17(21-10-15)29-20(28)24-16(11-26)14-6-4-3-5-7-14/h3-10,16,21,26H,11H2,1-2H3,(H,24,28)(H,22,23,25,27). The maximum Gasteiger partial charge on any atom is 0.414 e. The van der Waals surface area contributed by atoms with Crippen molar-refractivity contribution >= 4 is 17.9 Å². The smallest absolute Gasteiger partial charge is 0.394 e. The summed E-state index contributed by atoms with van der Waals surface area (Å²) in [6, 6.07) is 10.1. The topological polar surface area (TPSA) is 129 Å². The van der Waals surface area contributed by atoms with E-state index in [-0.39, 0.29) is 24.3 Å². The van der Waals surface area contributed by atoms with Crippen molar-refractivity contribution in [1.82, 2.24) is 20.3 Å². The molecule has 0 aliphatic rings. The summed E-state index contributed by atoms with van der Waals surface area (Å²) in [5, 5.41) is 14.7. The number of aliphatic hydroxyl groups excluding tert-OH is 1. The molecule has 0 radical (unpaired) electrons. The van der Waals surface area contributed by atoms with E-state index >= 15 is 0 Å². The van der Waals surface area contributed by atoms with E-state index in [0.717, 1.165) is 11.1 Å². The van der Waals surface area contributed by atoms with E-state index in [0.29, 0.717) is 11.3 Å². The second-order valence-electron chi connectivity index (χ2n) is 6.34. The summed E-state index contributed by atoms with van der Waals surface area (Å²) >= 11 is 0. The Balaban J connectivity index is 1.70. The number of nitrogens with zero attached hydrogens (tertiary/aromatic N) is 2. The zero-order chi connectivity index (χ0) is 20.8. The molecule has 3 aromatic rings. The first-order valence-electron chi connectivity index (χ1n) is 8.90. The van der Waals surface area contributed by atoms with Crippen molar-refractivity contribution in [2.75, 3.05) is 11.9 Å². The number of carbonyl (C=O) groups excluding carboxylic acids is 2. The van der Waals surface area contributed by atoms with E-state index in [1.807, 2.05) is 25.1 Å². The van der Waals surface area contributed by atoms with Crippen LogP contribution in [0.2, 0.25) is 0 Å². The van der Waals surface area contributed by atoms with Crippen molar-refractivity contribution < 1.29 is 19.4 Å². The second kappa shape index (κ2) is 8.98. The molecule has 0 aliphatic heterocycles. The summed E-state index contributed by atoms with van der Waals surface area (Å²) in [5.41, 5.74) is 2.81. The van der Waals surface area contributed by atoms with Crippen LogP contribution in [-0.4, -0.2) is 38.7 Å². The molecule has 9 nitrogen and oxygen atoms in total. The van der Waals surface area contributed by atoms with E-state index in [9.17, 15) is 14.7 Å². The van der Waals surface area contributed by atoms with E-state index in [4.69, 9.17) is 4.74 Å². The van der Waals surface area contributed by atoms with E-state index in [1.165, 1.54) is 6.92 Å². The lowest BCUT2D eigenvalue weighted by molar-refractivity contribution is -0.114. The number of rotatable bonds is 6. The second-order valence-corrected chi connectivity index (χ2v) is 6.34. The van der Waals surface area contributed by atoms with Gasteiger partial charge < -0.3 is 20.1 Å². The van der Waals surface area contributed by atoms with Gasteiger partial charge in [-0.1, -0.05) is 30.3 Å². The minimum Gasteiger partial charge on any atom is -0.394 e. The minimum atomic E-state index is -0.709. The van der Waals surface area contributed by atoms with E-state index < -0.39 is 12.1 Å². The maximum absolute atomic E-state index is 12.2. The highest BCUT2D eigenvalue weighted by Crippen LogP contribution is 2.25. The Kier molecular flexibility index (Phi) is 6.20. The maximum atomic E-state index is 12.2. The Morgan fingerprint density at radius 2 is 2.03 bits per heavy atom. The third-order valence-electron chi connectivity index (χ3n) is 4.07. The number of ether oxygens (including phenoxy) is 1. The van der Waals surface area contributed by atoms with Gasteiger partial charge in [-0.2, -0.15) is 0 Å². The van der Waals surface area contributed by atoms with Crippen molar-refractivity contribution in [2.45, 2.75) is 19.9 Å². The molecule has 3 rings (SSSR count). The van der Waals surface area contributed by atoms with Crippen LogP contribution in [0.4, 0.5) is 10.7 Å². The Morgan fingerprint density at radius 1 is 1.28 bits per heavy atom. The molecule has 0 saturated heterocycles. The van der Waals surface area contributed by atoms with Gasteiger partial charge in [0, 0.05) is 30.9 Å². The van der Waals surface area contributed by atoms with Crippen molar-refractivity contribution in [2.24, 2.45) is 0 Å². The number of aromatic amines is 1. The monoisotopic (exact) mass is 395 g/mol. The van der Waals surface area contributed by atoms with Gasteiger partial charge in [0.25, 0.3) is 0 Å². The van der Waals surface area contributed by atoms with Gasteiger partial charge in [-0.05, 0) is 18.1 Å². The highest BCUT2D eigenvalue weighted by molar-refractivity contribution is 5.87. The van der Waals surface area contributed by atoms with Crippen LogP contribution in [0.5, 0.6) is 5.88 Å². The highest BCUT2D eigenvalue weighted by Gasteiger charge is 2.16. The van der Waals surface area contributed by atoms with Crippen molar-refractivity contribution in [3.8, 4) is 17.1 Å². The number of carbonyl (C=O) groups is 2. The molecule has 2 aromatic heterocycles. The molecule has 2 amide bonds. The van der Waals surface area contributed by atoms with Crippen molar-refractivity contribution in [3.05, 3.63) is 59.9 Å². The molecule has 1 aromatic carbocycles. The Hall–Kier alpha value is -3.72. The van der Waals surface area contributed by atoms with E-state index in [1.54, 1.807) is 30.6 Å². The first-order chi connectivity index (χ1) is 14.0. The van der Waals surface area contributed by atoms with Crippen molar-refractivity contribution in [1.29, 1.82) is 0 Å². The molecular weight excluding hydrogens is 374 g/mol. The zero-order valence-electron chi connectivity index (χ0n) is 16.0. The Bertz CT molecular complexity index is 1000. The van der Waals surface area contributed by atoms with Gasteiger partial charge in [0.2, 0.25) is 17.7 Å². The average molecular weight is 395 g/mol. The molecule has 0 bridgehead atoms. The third-order valence-corrected chi connectivity index (χ3v) is 4.07. The summed E-state index contributed by atoms with van der Waals surface area (Å²) in [7, 11) is 0. The summed E-state index contributed by atoms with van der Waals surface area (Å²) in [5.74, 6) is 0.126. The normalized spacial score (nSPS) is 11.6. The van der Waals surface area contributed by atoms with Crippen LogP contribution >= 0.6 is 0 Å². The van der Waals surface area contributed by atoms with Gasteiger partial charge in [-0.15, -0.1) is 0 Å². The molecule has 1 atom stereocenters. The predicted molar refractivity (Wildman–Crippen MR) is 106 cm³/mol. The summed E-state index contributed by atoms with van der Waals surface area (Å²) in [6.45, 7) is 2.94. The number of aromatic nitrogens is 3. The highest BCUT2D eigenvalue weighted by atomic mass is 16.6. The number of hydrogen-bond acceptors (Lipinski definition) is 6. The van der Waals surface area contributed by atoms with Gasteiger partial charge in [0.1, 0.15) is 0 Å². The SMILES string of the molecule is CC(=O)Nc1ncc(C)c(-c2c[nH]c(OC(=O)NC(CO)c3ccccc3)c2)n1. The van der Waals surface area contributed by atoms with Crippen LogP contribution in [-0.2, 0) is 4.79 Å². The lowest BCUT2D eigenvalue weighted by Gasteiger charge is -2.15. The van der Waals surface area contributed by atoms with Gasteiger partial charge in [0.05, 0.1) is 18.3 Å². The number of benzene rings is 1. The van der Waals surface area contributed by atoms with Gasteiger partial charge >= 0.3 is 6.09 Å². The van der Waals surface area contributed by atoms with Crippen LogP contribution in [0, 0.1) is 6.92 Å². The molecule has 1 unspecified atom stereocenters. The number of H-pyrrole nitrogens is 1. The molecule has 0 aliphatic carbocycles. The van der Waals surface area contributed by atoms with Gasteiger partial charge in [-0.3, -0.25) is 10.1 Å². The molecule has 2 heterocycles. The molecule has 4 N–H and O–H groups in total. The van der Waals surface area contributed by atoms with Crippen LogP contribution < -0.4 is 15.4 Å². The first kappa shape index (κ1) is 20.0. The number of anilines is 1. The Labute approximate surface area is 167 Å². The number of amides is 2. The number of aliphatic hydroxyl groups is 1. The van der Waals surface area contributed by atoms with Crippen molar-refractivity contribution in [3.63, 3.8) is 0 Å². The summed E-state index contributed by atoms with van der Waals surface area (Å²) in [6.07, 6.45) is 2.52. The fourth-order valence-corrected chi connectivity index (χ4v) is 2.71. The van der Waals surface area contributed by atoms with Gasteiger partial charge in [-0.25, -0.2) is 14.8 Å². The third kappa shape index (κ3) is 5.17. The predicted octanol–water partition coefficient (Wildman–Crippen LogP) is 2.56. The molecule has 9 heteroatoms. The van der Waals surface area contributed by atoms with Crippen LogP contribution in [0.25, 0.3) is 11.3 Å². The first-order valence-corrected chi connectivity index (χ1v) is 8.90. The molecule has 0 spiro atoms. The fourth-order valence-electron chi connectivity index (χ4n) is 2.71. The van der Waals surface area contributed by atoms with Crippen LogP contribution in [0.15, 0.2) is 48.8 Å². The Morgan fingerprint density at radius 3 is 2.72 bits per heavy atom. The zero-order valence-corrected chi connectivity index (χ0v) is 16.0. The number of aryl methyl sites for hydroxylation is 1. The lowest BCUT2D eigenvalue weighted by atomic mass is 10.1. The average Bonchev–Trinajstić information content (AvgIpc) is 3.16. The number of nitrogens with one attached hydrogen (secondary N) is 3. The lowest BCUT2D eigenvalue weighted by Crippen LogP contribution is -2.33. The van der Waals surface area contributed by atoms with Gasteiger partial charge in [0.15, 0.2) is 0 Å². The molecule has 150 valence electrons. The molecule has 0 saturated carbocycles. The van der Waals surface area contributed by atoms with Crippen LogP contribution in [0.3, 0.4) is 0 Å². The molecular formula is C20H21N5O4.